The number of alkyl halides is 1. The van der Waals surface area contributed by atoms with Gasteiger partial charge in [-0.1, -0.05) is 18.2 Å². The lowest BCUT2D eigenvalue weighted by atomic mass is 10.1. The quantitative estimate of drug-likeness (QED) is 0.729. The van der Waals surface area contributed by atoms with Gasteiger partial charge >= 0.3 is 0 Å². The number of halogens is 3. The summed E-state index contributed by atoms with van der Waals surface area (Å²) in [6.45, 7) is 4.11. The molecule has 0 spiro atoms. The zero-order valence-corrected chi connectivity index (χ0v) is 12.1. The number of hydrogen-bond acceptors (Lipinski definition) is 1. The molecule has 4 heteroatoms. The minimum Gasteiger partial charge on any atom is -0.483 e. The molecule has 0 bridgehead atoms. The van der Waals surface area contributed by atoms with Crippen LogP contribution >= 0.6 is 11.6 Å². The average Bonchev–Trinajstić information content (AvgIpc) is 2.41. The van der Waals surface area contributed by atoms with E-state index in [1.807, 2.05) is 32.0 Å². The molecule has 0 aliphatic carbocycles. The first-order chi connectivity index (χ1) is 9.51. The Morgan fingerprint density at radius 2 is 1.60 bits per heavy atom. The molecule has 20 heavy (non-hydrogen) atoms. The van der Waals surface area contributed by atoms with E-state index in [1.54, 1.807) is 0 Å². The fourth-order valence-corrected chi connectivity index (χ4v) is 2.03. The van der Waals surface area contributed by atoms with E-state index in [9.17, 15) is 8.78 Å². The minimum absolute atomic E-state index is 0.0608. The molecule has 0 saturated carbocycles. The van der Waals surface area contributed by atoms with Gasteiger partial charge in [0, 0.05) is 5.88 Å². The molecule has 2 aromatic carbocycles. The molecule has 0 aliphatic heterocycles. The van der Waals surface area contributed by atoms with E-state index in [0.29, 0.717) is 5.56 Å². The number of hydrogen-bond donors (Lipinski definition) is 0. The van der Waals surface area contributed by atoms with Crippen LogP contribution in [0.2, 0.25) is 0 Å². The third-order valence-electron chi connectivity index (χ3n) is 3.17. The molecular weight excluding hydrogens is 282 g/mol. The second-order valence-electron chi connectivity index (χ2n) is 4.73. The van der Waals surface area contributed by atoms with Crippen LogP contribution in [0.4, 0.5) is 8.78 Å². The lowest BCUT2D eigenvalue weighted by Crippen LogP contribution is -2.01. The largest absolute Gasteiger partial charge is 0.483 e. The molecule has 2 rings (SSSR count). The van der Waals surface area contributed by atoms with Crippen molar-refractivity contribution >= 4 is 11.6 Å². The summed E-state index contributed by atoms with van der Waals surface area (Å²) in [4.78, 5) is 0. The Balaban J connectivity index is 2.16. The lowest BCUT2D eigenvalue weighted by molar-refractivity contribution is 0.274. The summed E-state index contributed by atoms with van der Waals surface area (Å²) in [6.07, 6.45) is 0. The summed E-state index contributed by atoms with van der Waals surface area (Å²) >= 11 is 5.55. The van der Waals surface area contributed by atoms with Crippen LogP contribution in [-0.4, -0.2) is 0 Å². The molecular formula is C16H15ClF2O. The molecule has 0 saturated heterocycles. The van der Waals surface area contributed by atoms with Crippen molar-refractivity contribution in [3.8, 4) is 5.75 Å². The van der Waals surface area contributed by atoms with Crippen LogP contribution in [0, 0.1) is 25.5 Å². The Labute approximate surface area is 122 Å². The summed E-state index contributed by atoms with van der Waals surface area (Å²) in [7, 11) is 0. The Bertz CT molecular complexity index is 603. The maximum Gasteiger partial charge on any atom is 0.191 e. The van der Waals surface area contributed by atoms with Crippen molar-refractivity contribution < 1.29 is 13.5 Å². The van der Waals surface area contributed by atoms with Gasteiger partial charge in [0.2, 0.25) is 0 Å². The van der Waals surface area contributed by atoms with Crippen LogP contribution in [0.1, 0.15) is 22.3 Å². The topological polar surface area (TPSA) is 9.23 Å². The molecule has 0 aromatic heterocycles. The van der Waals surface area contributed by atoms with Crippen molar-refractivity contribution in [3.05, 3.63) is 64.2 Å². The predicted molar refractivity (Wildman–Crippen MR) is 76.2 cm³/mol. The summed E-state index contributed by atoms with van der Waals surface area (Å²) in [5, 5.41) is 0. The van der Waals surface area contributed by atoms with Crippen LogP contribution in [0.25, 0.3) is 0 Å². The van der Waals surface area contributed by atoms with Gasteiger partial charge in [-0.2, -0.15) is 0 Å². The second-order valence-corrected chi connectivity index (χ2v) is 5.00. The minimum atomic E-state index is -0.732. The standard InChI is InChI=1S/C16H15ClF2O/c1-10-3-4-12(5-11(10)2)9-20-16-14(18)6-13(8-17)7-15(16)19/h3-7H,8-9H2,1-2H3. The molecule has 0 N–H and O–H groups in total. The van der Waals surface area contributed by atoms with Crippen molar-refractivity contribution in [1.82, 2.24) is 0 Å². The third-order valence-corrected chi connectivity index (χ3v) is 3.48. The van der Waals surface area contributed by atoms with Crippen LogP contribution < -0.4 is 4.74 Å². The molecule has 2 aromatic rings. The van der Waals surface area contributed by atoms with Gasteiger partial charge in [-0.25, -0.2) is 8.78 Å². The Morgan fingerprint density at radius 3 is 2.15 bits per heavy atom. The molecule has 106 valence electrons. The third kappa shape index (κ3) is 3.28. The SMILES string of the molecule is Cc1ccc(COc2c(F)cc(CCl)cc2F)cc1C. The highest BCUT2D eigenvalue weighted by Gasteiger charge is 2.12. The smallest absolute Gasteiger partial charge is 0.191 e. The second kappa shape index (κ2) is 6.23. The van der Waals surface area contributed by atoms with E-state index in [2.05, 4.69) is 0 Å². The van der Waals surface area contributed by atoms with Crippen molar-refractivity contribution in [3.63, 3.8) is 0 Å². The van der Waals surface area contributed by atoms with Gasteiger partial charge in [0.25, 0.3) is 0 Å². The van der Waals surface area contributed by atoms with E-state index in [4.69, 9.17) is 16.3 Å². The van der Waals surface area contributed by atoms with E-state index in [0.717, 1.165) is 16.7 Å². The first-order valence-electron chi connectivity index (χ1n) is 6.24. The molecule has 0 fully saturated rings. The number of ether oxygens (including phenoxy) is 1. The van der Waals surface area contributed by atoms with Gasteiger partial charge in [0.05, 0.1) is 0 Å². The maximum atomic E-state index is 13.7. The molecule has 0 amide bonds. The maximum absolute atomic E-state index is 13.7. The summed E-state index contributed by atoms with van der Waals surface area (Å²) in [6, 6.07) is 8.15. The zero-order chi connectivity index (χ0) is 14.7. The fraction of sp³-hybridized carbons (Fsp3) is 0.250. The highest BCUT2D eigenvalue weighted by molar-refractivity contribution is 6.17. The van der Waals surface area contributed by atoms with Gasteiger partial charge < -0.3 is 4.74 Å². The van der Waals surface area contributed by atoms with Gasteiger partial charge in [-0.15, -0.1) is 11.6 Å². The van der Waals surface area contributed by atoms with Crippen LogP contribution in [-0.2, 0) is 12.5 Å². The molecule has 0 unspecified atom stereocenters. The normalized spacial score (nSPS) is 10.7. The van der Waals surface area contributed by atoms with Crippen molar-refractivity contribution in [1.29, 1.82) is 0 Å². The Kier molecular flexibility index (Phi) is 4.61. The van der Waals surface area contributed by atoms with Gasteiger partial charge in [-0.3, -0.25) is 0 Å². The van der Waals surface area contributed by atoms with E-state index in [-0.39, 0.29) is 18.2 Å². The van der Waals surface area contributed by atoms with Crippen LogP contribution in [0.15, 0.2) is 30.3 Å². The van der Waals surface area contributed by atoms with Gasteiger partial charge in [0.15, 0.2) is 17.4 Å². The van der Waals surface area contributed by atoms with E-state index in [1.165, 1.54) is 12.1 Å². The van der Waals surface area contributed by atoms with E-state index < -0.39 is 11.6 Å². The van der Waals surface area contributed by atoms with Crippen molar-refractivity contribution in [2.45, 2.75) is 26.3 Å². The zero-order valence-electron chi connectivity index (χ0n) is 11.3. The van der Waals surface area contributed by atoms with E-state index >= 15 is 0 Å². The van der Waals surface area contributed by atoms with Gasteiger partial charge in [0.1, 0.15) is 6.61 Å². The first kappa shape index (κ1) is 14.8. The fourth-order valence-electron chi connectivity index (χ4n) is 1.88. The number of aryl methyl sites for hydroxylation is 2. The molecule has 0 heterocycles. The van der Waals surface area contributed by atoms with Crippen molar-refractivity contribution in [2.75, 3.05) is 0 Å². The molecule has 0 radical (unpaired) electrons. The molecule has 1 nitrogen and oxygen atoms in total. The summed E-state index contributed by atoms with van der Waals surface area (Å²) in [5.74, 6) is -1.77. The predicted octanol–water partition coefficient (Wildman–Crippen LogP) is 4.90. The number of rotatable bonds is 4. The van der Waals surface area contributed by atoms with Crippen molar-refractivity contribution in [2.24, 2.45) is 0 Å². The Hall–Kier alpha value is -1.61. The van der Waals surface area contributed by atoms with Crippen LogP contribution in [0.5, 0.6) is 5.75 Å². The van der Waals surface area contributed by atoms with Crippen LogP contribution in [0.3, 0.4) is 0 Å². The Morgan fingerprint density at radius 1 is 0.950 bits per heavy atom. The van der Waals surface area contributed by atoms with Gasteiger partial charge in [-0.05, 0) is 48.2 Å². The number of benzene rings is 2. The molecule has 0 atom stereocenters. The summed E-state index contributed by atoms with van der Waals surface area (Å²) in [5.41, 5.74) is 3.54. The first-order valence-corrected chi connectivity index (χ1v) is 6.77. The highest BCUT2D eigenvalue weighted by atomic mass is 35.5. The summed E-state index contributed by atoms with van der Waals surface area (Å²) < 4.78 is 32.7. The highest BCUT2D eigenvalue weighted by Crippen LogP contribution is 2.25. The monoisotopic (exact) mass is 296 g/mol. The molecule has 0 aliphatic rings. The lowest BCUT2D eigenvalue weighted by Gasteiger charge is -2.10. The average molecular weight is 297 g/mol.